The molecule has 2 fully saturated rings. The van der Waals surface area contributed by atoms with Gasteiger partial charge in [-0.15, -0.1) is 13.2 Å². The van der Waals surface area contributed by atoms with Crippen molar-refractivity contribution in [2.45, 2.75) is 50.2 Å². The van der Waals surface area contributed by atoms with Gasteiger partial charge in [-0.3, -0.25) is 4.79 Å². The summed E-state index contributed by atoms with van der Waals surface area (Å²) in [6.45, 7) is 1.89. The third kappa shape index (κ3) is 4.54. The summed E-state index contributed by atoms with van der Waals surface area (Å²) in [5, 5.41) is 0.790. The van der Waals surface area contributed by atoms with Gasteiger partial charge in [-0.1, -0.05) is 0 Å². The van der Waals surface area contributed by atoms with Crippen molar-refractivity contribution in [1.82, 2.24) is 14.9 Å². The number of alkyl halides is 3. The van der Waals surface area contributed by atoms with Crippen molar-refractivity contribution in [3.8, 4) is 5.75 Å². The number of aryl methyl sites for hydroxylation is 1. The first kappa shape index (κ1) is 24.2. The lowest BCUT2D eigenvalue weighted by Crippen LogP contribution is -2.38. The fourth-order valence-corrected chi connectivity index (χ4v) is 5.85. The third-order valence-corrected chi connectivity index (χ3v) is 7.55. The summed E-state index contributed by atoms with van der Waals surface area (Å²) in [4.78, 5) is 22.3. The molecule has 4 heterocycles. The number of H-pyrrole nitrogens is 1. The Balaban J connectivity index is 1.20. The summed E-state index contributed by atoms with van der Waals surface area (Å²) in [7, 11) is 0. The molecule has 1 aromatic carbocycles. The highest BCUT2D eigenvalue weighted by Gasteiger charge is 2.42. The predicted octanol–water partition coefficient (Wildman–Crippen LogP) is 4.85. The van der Waals surface area contributed by atoms with Crippen LogP contribution in [-0.4, -0.2) is 59.2 Å². The molecule has 0 unspecified atom stereocenters. The molecule has 6 rings (SSSR count). The summed E-state index contributed by atoms with van der Waals surface area (Å²) in [5.41, 5.74) is 3.55. The Hall–Kier alpha value is -3.18. The molecule has 1 N–H and O–H groups in total. The Morgan fingerprint density at radius 1 is 1.14 bits per heavy atom. The number of benzene rings is 1. The molecule has 3 aromatic rings. The van der Waals surface area contributed by atoms with Gasteiger partial charge in [-0.05, 0) is 55.0 Å². The number of halogens is 4. The van der Waals surface area contributed by atoms with E-state index in [1.54, 1.807) is 4.90 Å². The monoisotopic (exact) mass is 519 g/mol. The van der Waals surface area contributed by atoms with Crippen LogP contribution in [0.1, 0.15) is 52.4 Å². The number of carbonyl (C=O) groups is 1. The number of piperidine rings is 1. The van der Waals surface area contributed by atoms with Crippen molar-refractivity contribution >= 4 is 16.9 Å². The minimum absolute atomic E-state index is 0.111. The van der Waals surface area contributed by atoms with Crippen LogP contribution in [0.25, 0.3) is 11.0 Å². The number of amides is 1. The number of hydrogen-bond acceptors (Lipinski definition) is 5. The maximum Gasteiger partial charge on any atom is 0.573 e. The zero-order valence-corrected chi connectivity index (χ0v) is 19.9. The van der Waals surface area contributed by atoms with E-state index >= 15 is 4.39 Å². The van der Waals surface area contributed by atoms with Gasteiger partial charge in [0.1, 0.15) is 17.2 Å². The van der Waals surface area contributed by atoms with Crippen molar-refractivity contribution in [1.29, 1.82) is 0 Å². The quantitative estimate of drug-likeness (QED) is 0.501. The summed E-state index contributed by atoms with van der Waals surface area (Å²) >= 11 is 0. The highest BCUT2D eigenvalue weighted by atomic mass is 19.4. The maximum atomic E-state index is 15.3. The molecular weight excluding hydrogens is 494 g/mol. The number of rotatable bonds is 3. The molecule has 3 aliphatic rings. The van der Waals surface area contributed by atoms with Crippen LogP contribution in [0, 0.1) is 5.82 Å². The number of nitrogens with one attached hydrogen (secondary N) is 1. The molecule has 0 saturated carbocycles. The van der Waals surface area contributed by atoms with E-state index in [0.717, 1.165) is 41.6 Å². The van der Waals surface area contributed by atoms with Crippen molar-refractivity contribution in [3.05, 3.63) is 58.7 Å². The molecule has 1 aliphatic carbocycles. The molecular formula is C26H25F4N3O4. The number of aromatic nitrogens is 2. The molecule has 2 aliphatic heterocycles. The molecule has 2 aromatic heterocycles. The Bertz CT molecular complexity index is 1320. The van der Waals surface area contributed by atoms with Crippen molar-refractivity contribution < 1.29 is 36.6 Å². The number of hydrogen-bond donors (Lipinski definition) is 1. The summed E-state index contributed by atoms with van der Waals surface area (Å²) < 4.78 is 68.2. The minimum atomic E-state index is -4.79. The van der Waals surface area contributed by atoms with E-state index in [-0.39, 0.29) is 29.0 Å². The molecule has 0 radical (unpaired) electrons. The number of carbonyl (C=O) groups excluding carboxylic acids is 1. The summed E-state index contributed by atoms with van der Waals surface area (Å²) in [5.74, 6) is -1.81. The minimum Gasteiger partial charge on any atom is -0.406 e. The van der Waals surface area contributed by atoms with Crippen LogP contribution >= 0.6 is 0 Å². The molecule has 0 bridgehead atoms. The molecule has 37 heavy (non-hydrogen) atoms. The first-order valence-corrected chi connectivity index (χ1v) is 12.3. The lowest BCUT2D eigenvalue weighted by molar-refractivity contribution is -0.274. The fourth-order valence-electron chi connectivity index (χ4n) is 5.85. The lowest BCUT2D eigenvalue weighted by atomic mass is 9.83. The van der Waals surface area contributed by atoms with Gasteiger partial charge in [0, 0.05) is 48.1 Å². The van der Waals surface area contributed by atoms with E-state index in [0.29, 0.717) is 56.8 Å². The van der Waals surface area contributed by atoms with Gasteiger partial charge in [0.05, 0.1) is 19.4 Å². The van der Waals surface area contributed by atoms with Gasteiger partial charge in [0.15, 0.2) is 5.79 Å². The third-order valence-electron chi connectivity index (χ3n) is 7.55. The van der Waals surface area contributed by atoms with Gasteiger partial charge >= 0.3 is 6.36 Å². The van der Waals surface area contributed by atoms with E-state index < -0.39 is 12.1 Å². The topological polar surface area (TPSA) is 76.7 Å². The van der Waals surface area contributed by atoms with E-state index in [9.17, 15) is 18.0 Å². The van der Waals surface area contributed by atoms with E-state index in [4.69, 9.17) is 9.47 Å². The lowest BCUT2D eigenvalue weighted by Gasteiger charge is -2.34. The highest BCUT2D eigenvalue weighted by Crippen LogP contribution is 2.42. The van der Waals surface area contributed by atoms with Gasteiger partial charge in [-0.25, -0.2) is 9.37 Å². The number of fused-ring (bicyclic) bond motifs is 3. The van der Waals surface area contributed by atoms with E-state index in [2.05, 4.69) is 14.7 Å². The summed E-state index contributed by atoms with van der Waals surface area (Å²) in [6, 6.07) is 4.87. The highest BCUT2D eigenvalue weighted by molar-refractivity contribution is 5.94. The zero-order chi connectivity index (χ0) is 25.8. The summed E-state index contributed by atoms with van der Waals surface area (Å²) in [6.07, 6.45) is -0.450. The Labute approximate surface area is 209 Å². The van der Waals surface area contributed by atoms with Crippen LogP contribution < -0.4 is 4.74 Å². The molecule has 11 heteroatoms. The van der Waals surface area contributed by atoms with Crippen LogP contribution in [0.4, 0.5) is 17.6 Å². The Morgan fingerprint density at radius 3 is 2.51 bits per heavy atom. The van der Waals surface area contributed by atoms with Crippen LogP contribution in [0.2, 0.25) is 0 Å². The number of nitrogens with zero attached hydrogens (tertiary/aromatic N) is 2. The van der Waals surface area contributed by atoms with Crippen LogP contribution in [0.5, 0.6) is 5.75 Å². The Kier molecular flexibility index (Phi) is 5.87. The average molecular weight is 519 g/mol. The maximum absolute atomic E-state index is 15.3. The van der Waals surface area contributed by atoms with Crippen LogP contribution in [0.3, 0.4) is 0 Å². The normalized spacial score (nSPS) is 19.9. The van der Waals surface area contributed by atoms with Gasteiger partial charge in [0.2, 0.25) is 0 Å². The first-order valence-electron chi connectivity index (χ1n) is 12.3. The molecule has 196 valence electrons. The zero-order valence-electron chi connectivity index (χ0n) is 19.9. The smallest absolute Gasteiger partial charge is 0.406 e. The van der Waals surface area contributed by atoms with Gasteiger partial charge in [-0.2, -0.15) is 0 Å². The largest absolute Gasteiger partial charge is 0.573 e. The van der Waals surface area contributed by atoms with Crippen LogP contribution in [-0.2, 0) is 22.3 Å². The van der Waals surface area contributed by atoms with Gasteiger partial charge in [0.25, 0.3) is 5.91 Å². The molecule has 2 saturated heterocycles. The Morgan fingerprint density at radius 2 is 1.84 bits per heavy atom. The van der Waals surface area contributed by atoms with Crippen LogP contribution in [0.15, 0.2) is 30.5 Å². The average Bonchev–Trinajstić information content (AvgIpc) is 3.48. The number of aromatic amines is 1. The van der Waals surface area contributed by atoms with Crippen molar-refractivity contribution in [2.24, 2.45) is 0 Å². The second kappa shape index (κ2) is 8.98. The molecule has 1 spiro atoms. The number of ether oxygens (including phenoxy) is 3. The van der Waals surface area contributed by atoms with Crippen molar-refractivity contribution in [3.63, 3.8) is 0 Å². The van der Waals surface area contributed by atoms with E-state index in [1.165, 1.54) is 18.3 Å². The second-order valence-electron chi connectivity index (χ2n) is 9.75. The van der Waals surface area contributed by atoms with Gasteiger partial charge < -0.3 is 24.1 Å². The number of likely N-dealkylation sites (tertiary alicyclic amines) is 1. The van der Waals surface area contributed by atoms with Crippen molar-refractivity contribution in [2.75, 3.05) is 26.3 Å². The first-order chi connectivity index (χ1) is 17.7. The standard InChI is InChI=1S/C26H25F4N3O4/c27-19-14-31-23-22(18-13-25(35-11-12-36-25)8-5-20(18)32-23)21(19)15-6-9-33(10-7-15)24(34)16-1-3-17(4-2-16)37-26(28,29)30/h1-4,14-15H,5-13H2,(H,31,32). The fraction of sp³-hybridized carbons (Fsp3) is 0.462. The molecule has 1 amide bonds. The molecule has 7 nitrogen and oxygen atoms in total. The number of pyridine rings is 1. The SMILES string of the molecule is O=C(c1ccc(OC(F)(F)F)cc1)N1CCC(c2c(F)cnc3[nH]c4c(c23)CC2(CC4)OCCO2)CC1. The van der Waals surface area contributed by atoms with E-state index in [1.807, 2.05) is 0 Å². The predicted molar refractivity (Wildman–Crippen MR) is 124 cm³/mol. The second-order valence-corrected chi connectivity index (χ2v) is 9.75. The molecule has 0 atom stereocenters.